The molecule has 1 atom stereocenters. The number of unbranched alkanes of at least 4 members (excludes halogenated alkanes) is 11. The summed E-state index contributed by atoms with van der Waals surface area (Å²) < 4.78 is 27.5. The number of hydrogen-bond donors (Lipinski definition) is 2. The second kappa shape index (κ2) is 15.0. The molecule has 5 heteroatoms. The molecule has 0 saturated carbocycles. The second-order valence-corrected chi connectivity index (χ2v) is 9.71. The van der Waals surface area contributed by atoms with Crippen LogP contribution >= 0.6 is 0 Å². The van der Waals surface area contributed by atoms with Crippen LogP contribution in [0.15, 0.2) is 29.2 Å². The summed E-state index contributed by atoms with van der Waals surface area (Å²) in [6.07, 6.45) is 16.0. The molecule has 1 aromatic carbocycles. The zero-order chi connectivity index (χ0) is 20.7. The first-order valence-corrected chi connectivity index (χ1v) is 12.7. The Morgan fingerprint density at radius 3 is 1.75 bits per heavy atom. The molecule has 0 amide bonds. The summed E-state index contributed by atoms with van der Waals surface area (Å²) in [5.41, 5.74) is 1.02. The summed E-state index contributed by atoms with van der Waals surface area (Å²) >= 11 is 0. The number of sulfonamides is 1. The Balaban J connectivity index is 2.12. The van der Waals surface area contributed by atoms with Crippen molar-refractivity contribution in [2.45, 2.75) is 108 Å². The number of aliphatic hydroxyl groups is 1. The van der Waals surface area contributed by atoms with Crippen LogP contribution in [0.4, 0.5) is 0 Å². The SMILES string of the molecule is CCCCCCCCCCCCCCC(CO)NS(=O)(=O)c1ccc(C)cc1. The zero-order valence-corrected chi connectivity index (χ0v) is 18.8. The molecule has 1 unspecified atom stereocenters. The van der Waals surface area contributed by atoms with E-state index in [9.17, 15) is 13.5 Å². The maximum atomic E-state index is 12.4. The van der Waals surface area contributed by atoms with Gasteiger partial charge in [0.15, 0.2) is 0 Å². The number of aryl methyl sites for hydroxylation is 1. The van der Waals surface area contributed by atoms with Crippen molar-refractivity contribution < 1.29 is 13.5 Å². The number of aliphatic hydroxyl groups excluding tert-OH is 1. The van der Waals surface area contributed by atoms with E-state index in [0.717, 1.165) is 18.4 Å². The van der Waals surface area contributed by atoms with Gasteiger partial charge < -0.3 is 5.11 Å². The smallest absolute Gasteiger partial charge is 0.240 e. The summed E-state index contributed by atoms with van der Waals surface area (Å²) in [4.78, 5) is 0.256. The van der Waals surface area contributed by atoms with Crippen molar-refractivity contribution in [2.24, 2.45) is 0 Å². The third-order valence-corrected chi connectivity index (χ3v) is 6.82. The molecule has 0 saturated heterocycles. The highest BCUT2D eigenvalue weighted by atomic mass is 32.2. The number of hydrogen-bond acceptors (Lipinski definition) is 3. The van der Waals surface area contributed by atoms with Gasteiger partial charge in [-0.3, -0.25) is 0 Å². The lowest BCUT2D eigenvalue weighted by Crippen LogP contribution is -2.37. The Hall–Kier alpha value is -0.910. The average Bonchev–Trinajstić information content (AvgIpc) is 2.68. The van der Waals surface area contributed by atoms with Gasteiger partial charge in [-0.2, -0.15) is 0 Å². The summed E-state index contributed by atoms with van der Waals surface area (Å²) in [6.45, 7) is 4.01. The van der Waals surface area contributed by atoms with Crippen LogP contribution < -0.4 is 4.72 Å². The minimum atomic E-state index is -3.56. The Labute approximate surface area is 173 Å². The van der Waals surface area contributed by atoms with E-state index in [1.165, 1.54) is 64.2 Å². The summed E-state index contributed by atoms with van der Waals surface area (Å²) in [6, 6.07) is 6.38. The topological polar surface area (TPSA) is 66.4 Å². The van der Waals surface area contributed by atoms with Gasteiger partial charge in [0.1, 0.15) is 0 Å². The van der Waals surface area contributed by atoms with Crippen LogP contribution in [0.5, 0.6) is 0 Å². The van der Waals surface area contributed by atoms with E-state index in [1.54, 1.807) is 24.3 Å². The Morgan fingerprint density at radius 2 is 1.29 bits per heavy atom. The van der Waals surface area contributed by atoms with Crippen LogP contribution in [0.2, 0.25) is 0 Å². The normalized spacial score (nSPS) is 13.0. The Kier molecular flexibility index (Phi) is 13.5. The lowest BCUT2D eigenvalue weighted by molar-refractivity contribution is 0.247. The van der Waals surface area contributed by atoms with Crippen molar-refractivity contribution in [1.29, 1.82) is 0 Å². The molecule has 0 spiro atoms. The standard InChI is InChI=1S/C23H41NO3S/c1-3-4-5-6-7-8-9-10-11-12-13-14-15-22(20-25)24-28(26,27)23-18-16-21(2)17-19-23/h16-19,22,24-25H,3-15,20H2,1-2H3. The van der Waals surface area contributed by atoms with E-state index in [1.807, 2.05) is 6.92 Å². The van der Waals surface area contributed by atoms with E-state index in [0.29, 0.717) is 6.42 Å². The van der Waals surface area contributed by atoms with Crippen LogP contribution in [-0.2, 0) is 10.0 Å². The number of rotatable bonds is 17. The van der Waals surface area contributed by atoms with Gasteiger partial charge in [-0.15, -0.1) is 0 Å². The predicted molar refractivity (Wildman–Crippen MR) is 118 cm³/mol. The number of benzene rings is 1. The zero-order valence-electron chi connectivity index (χ0n) is 18.0. The van der Waals surface area contributed by atoms with E-state index >= 15 is 0 Å². The lowest BCUT2D eigenvalue weighted by Gasteiger charge is -2.16. The van der Waals surface area contributed by atoms with Gasteiger partial charge in [-0.05, 0) is 25.5 Å². The molecule has 0 heterocycles. The summed E-state index contributed by atoms with van der Waals surface area (Å²) in [7, 11) is -3.56. The van der Waals surface area contributed by atoms with Gasteiger partial charge in [0.2, 0.25) is 10.0 Å². The van der Waals surface area contributed by atoms with Gasteiger partial charge in [0.05, 0.1) is 11.5 Å². The van der Waals surface area contributed by atoms with Crippen LogP contribution in [-0.4, -0.2) is 26.2 Å². The molecule has 4 nitrogen and oxygen atoms in total. The van der Waals surface area contributed by atoms with Gasteiger partial charge >= 0.3 is 0 Å². The van der Waals surface area contributed by atoms with Crippen LogP contribution in [0.25, 0.3) is 0 Å². The largest absolute Gasteiger partial charge is 0.395 e. The lowest BCUT2D eigenvalue weighted by atomic mass is 10.0. The van der Waals surface area contributed by atoms with Crippen molar-refractivity contribution in [3.05, 3.63) is 29.8 Å². The molecule has 0 aliphatic carbocycles. The van der Waals surface area contributed by atoms with Crippen molar-refractivity contribution >= 4 is 10.0 Å². The highest BCUT2D eigenvalue weighted by molar-refractivity contribution is 7.89. The Morgan fingerprint density at radius 1 is 0.821 bits per heavy atom. The fraction of sp³-hybridized carbons (Fsp3) is 0.739. The van der Waals surface area contributed by atoms with Gasteiger partial charge in [-0.25, -0.2) is 13.1 Å². The molecule has 0 aliphatic rings. The van der Waals surface area contributed by atoms with Gasteiger partial charge in [0.25, 0.3) is 0 Å². The minimum absolute atomic E-state index is 0.164. The molecule has 162 valence electrons. The first kappa shape index (κ1) is 25.1. The fourth-order valence-electron chi connectivity index (χ4n) is 3.42. The van der Waals surface area contributed by atoms with E-state index < -0.39 is 16.1 Å². The minimum Gasteiger partial charge on any atom is -0.395 e. The van der Waals surface area contributed by atoms with Gasteiger partial charge in [0, 0.05) is 6.04 Å². The highest BCUT2D eigenvalue weighted by Gasteiger charge is 2.19. The molecule has 1 aromatic rings. The Bertz CT molecular complexity index is 599. The molecule has 0 radical (unpaired) electrons. The summed E-state index contributed by atoms with van der Waals surface area (Å²) in [5.74, 6) is 0. The maximum absolute atomic E-state index is 12.4. The maximum Gasteiger partial charge on any atom is 0.240 e. The van der Waals surface area contributed by atoms with Gasteiger partial charge in [-0.1, -0.05) is 102 Å². The van der Waals surface area contributed by atoms with Crippen LogP contribution in [0, 0.1) is 6.92 Å². The quantitative estimate of drug-likeness (QED) is 0.322. The highest BCUT2D eigenvalue weighted by Crippen LogP contribution is 2.15. The van der Waals surface area contributed by atoms with E-state index in [4.69, 9.17) is 0 Å². The molecule has 28 heavy (non-hydrogen) atoms. The molecular formula is C23H41NO3S. The predicted octanol–water partition coefficient (Wildman–Crippen LogP) is 5.73. The van der Waals surface area contributed by atoms with Crippen molar-refractivity contribution in [1.82, 2.24) is 4.72 Å². The summed E-state index contributed by atoms with van der Waals surface area (Å²) in [5, 5.41) is 9.53. The van der Waals surface area contributed by atoms with Crippen molar-refractivity contribution in [2.75, 3.05) is 6.61 Å². The van der Waals surface area contributed by atoms with E-state index in [2.05, 4.69) is 11.6 Å². The molecule has 2 N–H and O–H groups in total. The molecular weight excluding hydrogens is 370 g/mol. The molecule has 0 aliphatic heterocycles. The average molecular weight is 412 g/mol. The van der Waals surface area contributed by atoms with Crippen LogP contribution in [0.1, 0.15) is 96.0 Å². The third-order valence-electron chi connectivity index (χ3n) is 5.28. The second-order valence-electron chi connectivity index (χ2n) is 7.99. The first-order chi connectivity index (χ1) is 13.5. The molecule has 0 fully saturated rings. The monoisotopic (exact) mass is 411 g/mol. The van der Waals surface area contributed by atoms with E-state index in [-0.39, 0.29) is 11.5 Å². The van der Waals surface area contributed by atoms with Crippen LogP contribution in [0.3, 0.4) is 0 Å². The molecule has 1 rings (SSSR count). The van der Waals surface area contributed by atoms with Crippen molar-refractivity contribution in [3.63, 3.8) is 0 Å². The fourth-order valence-corrected chi connectivity index (χ4v) is 4.69. The molecule has 0 bridgehead atoms. The first-order valence-electron chi connectivity index (χ1n) is 11.2. The third kappa shape index (κ3) is 11.2. The number of nitrogens with one attached hydrogen (secondary N) is 1. The molecule has 0 aromatic heterocycles. The van der Waals surface area contributed by atoms with Crippen molar-refractivity contribution in [3.8, 4) is 0 Å².